The molecule has 102 valence electrons. The number of hydrogen-bond donors (Lipinski definition) is 3. The molecule has 0 aromatic carbocycles. The van der Waals surface area contributed by atoms with Gasteiger partial charge in [-0.3, -0.25) is 5.10 Å². The molecule has 0 aliphatic heterocycles. The number of rotatable bonds is 6. The van der Waals surface area contributed by atoms with Crippen molar-refractivity contribution in [2.24, 2.45) is 4.99 Å². The first-order valence-electron chi connectivity index (χ1n) is 6.41. The van der Waals surface area contributed by atoms with Gasteiger partial charge in [0.15, 0.2) is 5.96 Å². The Kier molecular flexibility index (Phi) is 5.04. The van der Waals surface area contributed by atoms with Crippen molar-refractivity contribution >= 4 is 5.96 Å². The van der Waals surface area contributed by atoms with Gasteiger partial charge in [0.05, 0.1) is 18.5 Å². The maximum atomic E-state index is 5.28. The normalized spacial score (nSPS) is 11.5. The Morgan fingerprint density at radius 3 is 3.05 bits per heavy atom. The van der Waals surface area contributed by atoms with Crippen molar-refractivity contribution in [1.29, 1.82) is 0 Å². The third-order valence-corrected chi connectivity index (χ3v) is 2.55. The van der Waals surface area contributed by atoms with Crippen LogP contribution in [0.25, 0.3) is 0 Å². The summed E-state index contributed by atoms with van der Waals surface area (Å²) in [5.41, 5.74) is 0.989. The smallest absolute Gasteiger partial charge is 0.191 e. The lowest BCUT2D eigenvalue weighted by molar-refractivity contribution is 0.507. The third kappa shape index (κ3) is 4.50. The third-order valence-electron chi connectivity index (χ3n) is 2.55. The number of aliphatic imine (C=N–C) groups is 1. The maximum Gasteiger partial charge on any atom is 0.191 e. The fourth-order valence-corrected chi connectivity index (χ4v) is 1.64. The summed E-state index contributed by atoms with van der Waals surface area (Å²) in [4.78, 5) is 4.47. The van der Waals surface area contributed by atoms with E-state index in [-0.39, 0.29) is 0 Å². The topological polar surface area (TPSA) is 78.2 Å². The van der Waals surface area contributed by atoms with Gasteiger partial charge >= 0.3 is 0 Å². The summed E-state index contributed by atoms with van der Waals surface area (Å²) in [5, 5.41) is 13.2. The van der Waals surface area contributed by atoms with Crippen molar-refractivity contribution in [3.05, 3.63) is 42.1 Å². The molecule has 2 rings (SSSR count). The maximum absolute atomic E-state index is 5.28. The van der Waals surface area contributed by atoms with Crippen molar-refractivity contribution in [1.82, 2.24) is 20.8 Å². The number of nitrogens with one attached hydrogen (secondary N) is 3. The molecule has 0 aliphatic carbocycles. The molecule has 0 saturated carbocycles. The molecule has 0 fully saturated rings. The molecule has 2 heterocycles. The average Bonchev–Trinajstić information content (AvgIpc) is 3.09. The summed E-state index contributed by atoms with van der Waals surface area (Å²) >= 11 is 0. The highest BCUT2D eigenvalue weighted by molar-refractivity contribution is 5.79. The van der Waals surface area contributed by atoms with Crippen LogP contribution < -0.4 is 10.6 Å². The van der Waals surface area contributed by atoms with Crippen LogP contribution in [0.3, 0.4) is 0 Å². The van der Waals surface area contributed by atoms with Crippen LogP contribution in [-0.2, 0) is 13.0 Å². The molecule has 0 spiro atoms. The Labute approximate surface area is 112 Å². The number of furan rings is 1. The molecule has 2 aromatic heterocycles. The van der Waals surface area contributed by atoms with Crippen LogP contribution in [0.15, 0.2) is 40.1 Å². The van der Waals surface area contributed by atoms with E-state index in [4.69, 9.17) is 4.42 Å². The van der Waals surface area contributed by atoms with E-state index >= 15 is 0 Å². The molecule has 0 saturated heterocycles. The molecule has 0 radical (unpaired) electrons. The largest absolute Gasteiger partial charge is 0.469 e. The minimum Gasteiger partial charge on any atom is -0.469 e. The number of aromatic nitrogens is 2. The van der Waals surface area contributed by atoms with E-state index in [0.717, 1.165) is 36.9 Å². The highest BCUT2D eigenvalue weighted by Crippen LogP contribution is 1.99. The number of aromatic amines is 1. The molecule has 0 unspecified atom stereocenters. The van der Waals surface area contributed by atoms with Crippen LogP contribution in [0.1, 0.15) is 18.4 Å². The summed E-state index contributed by atoms with van der Waals surface area (Å²) in [7, 11) is 0. The zero-order valence-corrected chi connectivity index (χ0v) is 11.0. The van der Waals surface area contributed by atoms with Crippen LogP contribution in [-0.4, -0.2) is 29.2 Å². The van der Waals surface area contributed by atoms with Crippen LogP contribution in [0.4, 0.5) is 0 Å². The van der Waals surface area contributed by atoms with Gasteiger partial charge in [0.2, 0.25) is 0 Å². The lowest BCUT2D eigenvalue weighted by atomic mass is 10.3. The molecule has 0 amide bonds. The number of H-pyrrole nitrogens is 1. The molecule has 0 atom stereocenters. The van der Waals surface area contributed by atoms with E-state index in [1.54, 1.807) is 12.5 Å². The lowest BCUT2D eigenvalue weighted by Crippen LogP contribution is -2.38. The summed E-state index contributed by atoms with van der Waals surface area (Å²) in [6.07, 6.45) is 4.25. The first kappa shape index (κ1) is 13.2. The van der Waals surface area contributed by atoms with Gasteiger partial charge in [-0.15, -0.1) is 0 Å². The Morgan fingerprint density at radius 2 is 2.37 bits per heavy atom. The van der Waals surface area contributed by atoms with E-state index in [1.807, 2.05) is 25.1 Å². The Hall–Kier alpha value is -2.24. The summed E-state index contributed by atoms with van der Waals surface area (Å²) in [6, 6.07) is 5.78. The molecule has 2 aromatic rings. The Bertz CT molecular complexity index is 475. The van der Waals surface area contributed by atoms with Crippen LogP contribution in [0.2, 0.25) is 0 Å². The standard InChI is InChI=1S/C13H19N5O/c1-2-14-13(16-10-11-5-8-17-18-11)15-7-6-12-4-3-9-19-12/h3-5,8-9H,2,6-7,10H2,1H3,(H,17,18)(H2,14,15,16). The van der Waals surface area contributed by atoms with Crippen LogP contribution in [0.5, 0.6) is 0 Å². The monoisotopic (exact) mass is 261 g/mol. The highest BCUT2D eigenvalue weighted by atomic mass is 16.3. The zero-order chi connectivity index (χ0) is 13.3. The minimum atomic E-state index is 0.579. The van der Waals surface area contributed by atoms with Gasteiger partial charge in [0.1, 0.15) is 5.76 Å². The van der Waals surface area contributed by atoms with Gasteiger partial charge in [-0.2, -0.15) is 5.10 Å². The van der Waals surface area contributed by atoms with Gasteiger partial charge in [0, 0.05) is 25.7 Å². The van der Waals surface area contributed by atoms with Crippen LogP contribution >= 0.6 is 0 Å². The van der Waals surface area contributed by atoms with Crippen molar-refractivity contribution in [3.8, 4) is 0 Å². The van der Waals surface area contributed by atoms with E-state index in [1.165, 1.54) is 0 Å². The molecule has 0 aliphatic rings. The molecule has 6 nitrogen and oxygen atoms in total. The van der Waals surface area contributed by atoms with E-state index in [0.29, 0.717) is 6.54 Å². The number of hydrogen-bond acceptors (Lipinski definition) is 3. The quantitative estimate of drug-likeness (QED) is 0.541. The molecule has 6 heteroatoms. The van der Waals surface area contributed by atoms with Gasteiger partial charge in [-0.1, -0.05) is 0 Å². The molecule has 19 heavy (non-hydrogen) atoms. The number of nitrogens with zero attached hydrogens (tertiary/aromatic N) is 2. The highest BCUT2D eigenvalue weighted by Gasteiger charge is 1.99. The lowest BCUT2D eigenvalue weighted by Gasteiger charge is -2.10. The summed E-state index contributed by atoms with van der Waals surface area (Å²) in [5.74, 6) is 1.76. The van der Waals surface area contributed by atoms with E-state index in [9.17, 15) is 0 Å². The Balaban J connectivity index is 1.79. The Morgan fingerprint density at radius 1 is 1.42 bits per heavy atom. The van der Waals surface area contributed by atoms with Gasteiger partial charge in [-0.05, 0) is 25.1 Å². The molecule has 3 N–H and O–H groups in total. The molecular formula is C13H19N5O. The summed E-state index contributed by atoms with van der Waals surface area (Å²) in [6.45, 7) is 4.23. The molecule has 0 bridgehead atoms. The second-order valence-electron chi connectivity index (χ2n) is 4.03. The van der Waals surface area contributed by atoms with Gasteiger partial charge < -0.3 is 15.1 Å². The van der Waals surface area contributed by atoms with Crippen molar-refractivity contribution in [2.75, 3.05) is 13.1 Å². The fraction of sp³-hybridized carbons (Fsp3) is 0.385. The molecular weight excluding hydrogens is 242 g/mol. The fourth-order valence-electron chi connectivity index (χ4n) is 1.64. The zero-order valence-electron chi connectivity index (χ0n) is 11.0. The first-order chi connectivity index (χ1) is 9.38. The first-order valence-corrected chi connectivity index (χ1v) is 6.41. The van der Waals surface area contributed by atoms with Gasteiger partial charge in [-0.25, -0.2) is 4.99 Å². The predicted octanol–water partition coefficient (Wildman–Crippen LogP) is 1.30. The van der Waals surface area contributed by atoms with Crippen molar-refractivity contribution in [2.45, 2.75) is 19.9 Å². The van der Waals surface area contributed by atoms with Crippen molar-refractivity contribution in [3.63, 3.8) is 0 Å². The van der Waals surface area contributed by atoms with E-state index < -0.39 is 0 Å². The van der Waals surface area contributed by atoms with Crippen molar-refractivity contribution < 1.29 is 4.42 Å². The minimum absolute atomic E-state index is 0.579. The van der Waals surface area contributed by atoms with Gasteiger partial charge in [0.25, 0.3) is 0 Å². The second kappa shape index (κ2) is 7.25. The summed E-state index contributed by atoms with van der Waals surface area (Å²) < 4.78 is 5.28. The van der Waals surface area contributed by atoms with Crippen LogP contribution in [0, 0.1) is 0 Å². The predicted molar refractivity (Wildman–Crippen MR) is 73.8 cm³/mol. The van der Waals surface area contributed by atoms with E-state index in [2.05, 4.69) is 25.8 Å². The second-order valence-corrected chi connectivity index (χ2v) is 4.03. The SMILES string of the molecule is CCNC(=NCc1ccn[nH]1)NCCc1ccco1. The average molecular weight is 261 g/mol. The number of guanidine groups is 1.